The van der Waals surface area contributed by atoms with Crippen LogP contribution in [0.15, 0.2) is 29.2 Å². The van der Waals surface area contributed by atoms with Crippen molar-refractivity contribution in [2.24, 2.45) is 0 Å². The Labute approximate surface area is 121 Å². The highest BCUT2D eigenvalue weighted by atomic mass is 35.5. The molecule has 1 N–H and O–H groups in total. The minimum atomic E-state index is -0.254. The molecule has 0 radical (unpaired) electrons. The maximum atomic E-state index is 11.7. The molecule has 19 heavy (non-hydrogen) atoms. The minimum absolute atomic E-state index is 0.254. The molecule has 0 aliphatic rings. The highest BCUT2D eigenvalue weighted by molar-refractivity contribution is 7.15. The van der Waals surface area contributed by atoms with Crippen LogP contribution in [-0.2, 0) is 4.79 Å². The summed E-state index contributed by atoms with van der Waals surface area (Å²) in [7, 11) is 0. The van der Waals surface area contributed by atoms with E-state index in [9.17, 15) is 4.79 Å². The molecule has 0 spiro atoms. The molecule has 96 valence electrons. The van der Waals surface area contributed by atoms with Gasteiger partial charge in [0.05, 0.1) is 5.69 Å². The van der Waals surface area contributed by atoms with Crippen LogP contribution in [0.25, 0.3) is 11.0 Å². The monoisotopic (exact) mass is 310 g/mol. The van der Waals surface area contributed by atoms with Crippen LogP contribution in [0.1, 0.15) is 5.69 Å². The van der Waals surface area contributed by atoms with Crippen LogP contribution in [-0.4, -0.2) is 20.3 Å². The van der Waals surface area contributed by atoms with Gasteiger partial charge >= 0.3 is 0 Å². The van der Waals surface area contributed by atoms with Gasteiger partial charge < -0.3 is 0 Å². The van der Waals surface area contributed by atoms with Crippen molar-refractivity contribution in [3.8, 4) is 0 Å². The fourth-order valence-electron chi connectivity index (χ4n) is 1.51. The van der Waals surface area contributed by atoms with Gasteiger partial charge in [-0.1, -0.05) is 11.6 Å². The number of thiazole rings is 2. The lowest BCUT2D eigenvalue weighted by Crippen LogP contribution is -2.07. The average molecular weight is 311 g/mol. The number of aromatic nitrogens is 3. The summed E-state index contributed by atoms with van der Waals surface area (Å²) in [5.41, 5.74) is 0.687. The predicted molar refractivity (Wildman–Crippen MR) is 77.9 cm³/mol. The predicted octanol–water partition coefficient (Wildman–Crippen LogP) is 3.16. The molecule has 3 rings (SSSR count). The third kappa shape index (κ3) is 2.53. The molecule has 0 bridgehead atoms. The summed E-state index contributed by atoms with van der Waals surface area (Å²) in [4.78, 5) is 20.6. The lowest BCUT2D eigenvalue weighted by molar-refractivity contribution is -0.111. The van der Waals surface area contributed by atoms with E-state index >= 15 is 0 Å². The van der Waals surface area contributed by atoms with Crippen LogP contribution >= 0.6 is 34.3 Å². The SMILES string of the molecule is O=C(C=Cc1c(Cl)nc2sccn12)Nc1nccs1. The average Bonchev–Trinajstić information content (AvgIpc) is 3.05. The largest absolute Gasteiger partial charge is 0.298 e. The maximum Gasteiger partial charge on any atom is 0.250 e. The first-order chi connectivity index (χ1) is 9.24. The smallest absolute Gasteiger partial charge is 0.250 e. The third-order valence-electron chi connectivity index (χ3n) is 2.31. The lowest BCUT2D eigenvalue weighted by Gasteiger charge is -1.95. The number of amides is 1. The third-order valence-corrected chi connectivity index (χ3v) is 4.03. The summed E-state index contributed by atoms with van der Waals surface area (Å²) in [6.07, 6.45) is 6.54. The van der Waals surface area contributed by atoms with Crippen molar-refractivity contribution in [3.05, 3.63) is 40.1 Å². The quantitative estimate of drug-likeness (QED) is 0.756. The summed E-state index contributed by atoms with van der Waals surface area (Å²) in [6.45, 7) is 0. The Bertz CT molecular complexity index is 744. The number of hydrogen-bond acceptors (Lipinski definition) is 5. The van der Waals surface area contributed by atoms with Crippen molar-refractivity contribution in [3.63, 3.8) is 0 Å². The van der Waals surface area contributed by atoms with Crippen LogP contribution in [0.4, 0.5) is 5.13 Å². The molecule has 5 nitrogen and oxygen atoms in total. The number of rotatable bonds is 3. The molecule has 0 saturated heterocycles. The topological polar surface area (TPSA) is 59.3 Å². The van der Waals surface area contributed by atoms with E-state index in [0.717, 1.165) is 4.96 Å². The number of anilines is 1. The second-order valence-corrected chi connectivity index (χ2v) is 5.63. The van der Waals surface area contributed by atoms with Gasteiger partial charge in [0.2, 0.25) is 5.91 Å². The Morgan fingerprint density at radius 2 is 2.32 bits per heavy atom. The molecule has 0 unspecified atom stereocenters. The Morgan fingerprint density at radius 3 is 3.11 bits per heavy atom. The van der Waals surface area contributed by atoms with Crippen molar-refractivity contribution in [2.45, 2.75) is 0 Å². The Morgan fingerprint density at radius 1 is 1.42 bits per heavy atom. The highest BCUT2D eigenvalue weighted by Crippen LogP contribution is 2.22. The fraction of sp³-hybridized carbons (Fsp3) is 0. The van der Waals surface area contributed by atoms with Gasteiger partial charge in [-0.25, -0.2) is 9.97 Å². The van der Waals surface area contributed by atoms with Crippen molar-refractivity contribution in [1.82, 2.24) is 14.4 Å². The van der Waals surface area contributed by atoms with Gasteiger partial charge in [0.1, 0.15) is 0 Å². The van der Waals surface area contributed by atoms with Gasteiger partial charge in [-0.05, 0) is 6.08 Å². The van der Waals surface area contributed by atoms with Gasteiger partial charge in [0.25, 0.3) is 0 Å². The molecule has 0 aliphatic heterocycles. The molecule has 3 aromatic heterocycles. The van der Waals surface area contributed by atoms with Gasteiger partial charge in [0.15, 0.2) is 15.2 Å². The second-order valence-electron chi connectivity index (χ2n) is 3.50. The molecule has 0 aliphatic carbocycles. The zero-order chi connectivity index (χ0) is 13.2. The first-order valence-corrected chi connectivity index (χ1v) is 7.37. The molecule has 0 saturated carbocycles. The number of carbonyl (C=O) groups is 1. The summed E-state index contributed by atoms with van der Waals surface area (Å²) in [5, 5.41) is 7.30. The number of imidazole rings is 1. The molecular formula is C11H7ClN4OS2. The van der Waals surface area contributed by atoms with Crippen molar-refractivity contribution in [2.75, 3.05) is 5.32 Å². The van der Waals surface area contributed by atoms with Crippen molar-refractivity contribution in [1.29, 1.82) is 0 Å². The van der Waals surface area contributed by atoms with Gasteiger partial charge in [-0.15, -0.1) is 22.7 Å². The summed E-state index contributed by atoms with van der Waals surface area (Å²) < 4.78 is 1.83. The summed E-state index contributed by atoms with van der Waals surface area (Å²) in [6, 6.07) is 0. The van der Waals surface area contributed by atoms with E-state index in [1.807, 2.05) is 16.0 Å². The first kappa shape index (κ1) is 12.3. The van der Waals surface area contributed by atoms with E-state index in [2.05, 4.69) is 15.3 Å². The van der Waals surface area contributed by atoms with E-state index in [1.165, 1.54) is 28.7 Å². The summed E-state index contributed by atoms with van der Waals surface area (Å²) >= 11 is 8.86. The molecule has 8 heteroatoms. The van der Waals surface area contributed by atoms with E-state index < -0.39 is 0 Å². The van der Waals surface area contributed by atoms with Crippen LogP contribution in [0.2, 0.25) is 5.15 Å². The maximum absolute atomic E-state index is 11.7. The van der Waals surface area contributed by atoms with Crippen LogP contribution in [0, 0.1) is 0 Å². The number of nitrogens with zero attached hydrogens (tertiary/aromatic N) is 3. The highest BCUT2D eigenvalue weighted by Gasteiger charge is 2.08. The molecule has 3 aromatic rings. The van der Waals surface area contributed by atoms with E-state index in [-0.39, 0.29) is 5.91 Å². The Hall–Kier alpha value is -1.70. The van der Waals surface area contributed by atoms with Gasteiger partial charge in [-0.3, -0.25) is 14.5 Å². The molecule has 1 amide bonds. The Kier molecular flexibility index (Phi) is 3.33. The van der Waals surface area contributed by atoms with Crippen LogP contribution < -0.4 is 5.32 Å². The van der Waals surface area contributed by atoms with Crippen molar-refractivity contribution >= 4 is 56.4 Å². The van der Waals surface area contributed by atoms with E-state index in [1.54, 1.807) is 17.7 Å². The first-order valence-electron chi connectivity index (χ1n) is 5.23. The van der Waals surface area contributed by atoms with Crippen LogP contribution in [0.3, 0.4) is 0 Å². The number of nitrogens with one attached hydrogen (secondary N) is 1. The fourth-order valence-corrected chi connectivity index (χ4v) is 3.05. The zero-order valence-corrected chi connectivity index (χ0v) is 11.8. The normalized spacial score (nSPS) is 11.4. The Balaban J connectivity index is 1.80. The molecule has 0 fully saturated rings. The van der Waals surface area contributed by atoms with Gasteiger partial charge in [-0.2, -0.15) is 0 Å². The minimum Gasteiger partial charge on any atom is -0.298 e. The zero-order valence-electron chi connectivity index (χ0n) is 9.41. The summed E-state index contributed by atoms with van der Waals surface area (Å²) in [5.74, 6) is -0.254. The van der Waals surface area contributed by atoms with Crippen LogP contribution in [0.5, 0.6) is 0 Å². The molecular weight excluding hydrogens is 304 g/mol. The van der Waals surface area contributed by atoms with Crippen molar-refractivity contribution < 1.29 is 4.79 Å². The second kappa shape index (κ2) is 5.12. The van der Waals surface area contributed by atoms with Gasteiger partial charge in [0, 0.05) is 29.2 Å². The number of carbonyl (C=O) groups excluding carboxylic acids is 1. The number of hydrogen-bond donors (Lipinski definition) is 1. The molecule has 0 aromatic carbocycles. The standard InChI is InChI=1S/C11H7ClN4OS2/c12-9-7(16-4-6-19-11(16)15-9)1-2-8(17)14-10-13-3-5-18-10/h1-6H,(H,13,14,17). The molecule has 0 atom stereocenters. The van der Waals surface area contributed by atoms with E-state index in [0.29, 0.717) is 16.0 Å². The lowest BCUT2D eigenvalue weighted by atomic mass is 10.4. The number of halogens is 1. The number of fused-ring (bicyclic) bond motifs is 1. The molecule has 3 heterocycles. The van der Waals surface area contributed by atoms with E-state index in [4.69, 9.17) is 11.6 Å².